The van der Waals surface area contributed by atoms with Crippen LogP contribution in [0.1, 0.15) is 344 Å². The fourth-order valence-electron chi connectivity index (χ4n) is 23.1. The zero-order chi connectivity index (χ0) is 68.7. The van der Waals surface area contributed by atoms with Crippen molar-refractivity contribution in [2.45, 2.75) is 367 Å². The highest BCUT2D eigenvalue weighted by Gasteiger charge is 2.61. The van der Waals surface area contributed by atoms with Crippen LogP contribution in [-0.2, 0) is 20.7 Å². The molecule has 1 aliphatic heterocycles. The van der Waals surface area contributed by atoms with E-state index in [1.54, 1.807) is 5.57 Å². The summed E-state index contributed by atoms with van der Waals surface area (Å²) in [5.74, 6) is 13.2. The number of aliphatic hydroxyl groups excluding tert-OH is 1. The van der Waals surface area contributed by atoms with Crippen molar-refractivity contribution in [2.24, 2.45) is 110 Å². The maximum absolute atomic E-state index is 12.1. The molecule has 1 heterocycles. The Hall–Kier alpha value is -2.80. The van der Waals surface area contributed by atoms with Crippen molar-refractivity contribution < 1.29 is 34.4 Å². The van der Waals surface area contributed by atoms with Gasteiger partial charge in [0.15, 0.2) is 0 Å². The molecule has 0 unspecified atom stereocenters. The van der Waals surface area contributed by atoms with E-state index in [1.807, 2.05) is 13.8 Å². The van der Waals surface area contributed by atoms with E-state index in [-0.39, 0.29) is 42.0 Å². The minimum atomic E-state index is -0.942. The monoisotopic (exact) mass is 1300 g/mol. The number of carbonyl (C=O) groups excluding carboxylic acids is 1. The predicted molar refractivity (Wildman–Crippen MR) is 393 cm³/mol. The molecule has 1 aromatic rings. The molecule has 536 valence electrons. The number of phenolic OH excluding ortho intramolecular Hbond substituents is 1. The Morgan fingerprint density at radius 3 is 1.50 bits per heavy atom. The van der Waals surface area contributed by atoms with Crippen molar-refractivity contribution in [2.75, 3.05) is 0 Å². The highest BCUT2D eigenvalue weighted by molar-refractivity contribution is 5.76. The molecule has 9 aliphatic rings. The molecule has 94 heavy (non-hydrogen) atoms. The summed E-state index contributed by atoms with van der Waals surface area (Å²) in [6, 6.07) is 0. The zero-order valence-corrected chi connectivity index (χ0v) is 64.2. The quantitative estimate of drug-likeness (QED) is 0.0625. The van der Waals surface area contributed by atoms with E-state index in [4.69, 9.17) is 14.6 Å². The Morgan fingerprint density at radius 2 is 1.00 bits per heavy atom. The van der Waals surface area contributed by atoms with Gasteiger partial charge in [0, 0.05) is 12.0 Å². The van der Waals surface area contributed by atoms with Gasteiger partial charge < -0.3 is 24.8 Å². The van der Waals surface area contributed by atoms with Crippen LogP contribution in [0.4, 0.5) is 0 Å². The van der Waals surface area contributed by atoms with Crippen LogP contribution in [0, 0.1) is 131 Å². The molecule has 0 bridgehead atoms. The average Bonchev–Trinajstić information content (AvgIpc) is 1.39. The number of fused-ring (bicyclic) bond motifs is 11. The molecule has 6 saturated carbocycles. The van der Waals surface area contributed by atoms with Gasteiger partial charge in [-0.15, -0.1) is 0 Å². The average molecular weight is 1300 g/mol. The van der Waals surface area contributed by atoms with Gasteiger partial charge in [-0.1, -0.05) is 204 Å². The summed E-state index contributed by atoms with van der Waals surface area (Å²) in [5.41, 5.74) is 9.10. The van der Waals surface area contributed by atoms with Crippen LogP contribution < -0.4 is 4.74 Å². The molecule has 8 aliphatic carbocycles. The Morgan fingerprint density at radius 1 is 0.532 bits per heavy atom. The van der Waals surface area contributed by atoms with Crippen molar-refractivity contribution in [1.29, 1.82) is 0 Å². The summed E-state index contributed by atoms with van der Waals surface area (Å²) in [6.45, 7) is 42.9. The van der Waals surface area contributed by atoms with Crippen LogP contribution in [-0.4, -0.2) is 45.1 Å². The number of esters is 1. The first-order chi connectivity index (χ1) is 44.3. The molecule has 10 rings (SSSR count). The van der Waals surface area contributed by atoms with Crippen molar-refractivity contribution in [1.82, 2.24) is 0 Å². The SMILES string of the molecule is CC(C)CCC[C@@H](C)[C@H]1CC[C@H]2[C@@H]3CC=C4C[C@@H](O)CC[C@]4(C)[C@H]3CC[C@]12C.CC(C)CCC[C@@H](C)[C@H]1CC[C@H]2[C@@H]3CC=C4C[C@@H](OC(=O)CCC(=O)O)CC[C@]4(C)[C@H]3CC[C@]12C.Cc1c(C)c2c(c(C)c1O)CC[C@@](C)(CCC[C@H](C)CCC[C@H](C)CCCC(C)C)O2. The molecular weight excluding hydrogens is 1160 g/mol. The number of carboxylic acids is 1. The first-order valence-electron chi connectivity index (χ1n) is 40.3. The Bertz CT molecular complexity index is 2680. The molecule has 0 saturated heterocycles. The van der Waals surface area contributed by atoms with E-state index in [1.165, 1.54) is 172 Å². The molecule has 0 spiro atoms. The summed E-state index contributed by atoms with van der Waals surface area (Å²) >= 11 is 0. The Kier molecular flexibility index (Phi) is 27.1. The number of benzene rings is 1. The lowest BCUT2D eigenvalue weighted by molar-refractivity contribution is -0.154. The molecular formula is C87H146O7. The molecule has 6 fully saturated rings. The van der Waals surface area contributed by atoms with Crippen molar-refractivity contribution in [3.05, 3.63) is 45.6 Å². The summed E-state index contributed by atoms with van der Waals surface area (Å²) in [5, 5.41) is 29.4. The van der Waals surface area contributed by atoms with Crippen LogP contribution in [0.3, 0.4) is 0 Å². The van der Waals surface area contributed by atoms with Crippen LogP contribution in [0.15, 0.2) is 23.3 Å². The van der Waals surface area contributed by atoms with Crippen molar-refractivity contribution in [3.8, 4) is 11.5 Å². The molecule has 3 N–H and O–H groups in total. The maximum atomic E-state index is 12.1. The number of phenols is 1. The highest BCUT2D eigenvalue weighted by atomic mass is 16.5. The number of hydrogen-bond acceptors (Lipinski definition) is 6. The second kappa shape index (κ2) is 33.1. The summed E-state index contributed by atoms with van der Waals surface area (Å²) in [6.07, 6.45) is 47.3. The lowest BCUT2D eigenvalue weighted by Crippen LogP contribution is -2.51. The van der Waals surface area contributed by atoms with E-state index in [9.17, 15) is 19.8 Å². The van der Waals surface area contributed by atoms with Crippen LogP contribution in [0.5, 0.6) is 11.5 Å². The number of ether oxygens (including phenoxy) is 2. The van der Waals surface area contributed by atoms with Gasteiger partial charge in [-0.25, -0.2) is 0 Å². The summed E-state index contributed by atoms with van der Waals surface area (Å²) in [7, 11) is 0. The van der Waals surface area contributed by atoms with Crippen LogP contribution in [0.25, 0.3) is 0 Å². The van der Waals surface area contributed by atoms with Gasteiger partial charge in [0.2, 0.25) is 0 Å². The Labute approximate surface area is 578 Å². The van der Waals surface area contributed by atoms with Crippen LogP contribution in [0.2, 0.25) is 0 Å². The summed E-state index contributed by atoms with van der Waals surface area (Å²) < 4.78 is 12.3. The lowest BCUT2D eigenvalue weighted by atomic mass is 9.47. The first kappa shape index (κ1) is 76.9. The number of hydrogen-bond donors (Lipinski definition) is 3. The van der Waals surface area contributed by atoms with Crippen molar-refractivity contribution in [3.63, 3.8) is 0 Å². The predicted octanol–water partition coefficient (Wildman–Crippen LogP) is 24.0. The highest BCUT2D eigenvalue weighted by Crippen LogP contribution is 2.69. The zero-order valence-electron chi connectivity index (χ0n) is 64.2. The normalized spacial score (nSPS) is 35.2. The Balaban J connectivity index is 0.000000182. The third kappa shape index (κ3) is 18.0. The maximum Gasteiger partial charge on any atom is 0.306 e. The van der Waals surface area contributed by atoms with Gasteiger partial charge in [0.1, 0.15) is 23.2 Å². The minimum Gasteiger partial charge on any atom is -0.507 e. The molecule has 1 aromatic carbocycles. The third-order valence-electron chi connectivity index (χ3n) is 29.2. The van der Waals surface area contributed by atoms with Crippen LogP contribution >= 0.6 is 0 Å². The van der Waals surface area contributed by atoms with Gasteiger partial charge in [-0.05, 0) is 277 Å². The number of carboxylic acid groups (broad SMARTS) is 1. The number of carbonyl (C=O) groups is 2. The van der Waals surface area contributed by atoms with Gasteiger partial charge in [0.05, 0.1) is 18.9 Å². The molecule has 0 amide bonds. The standard InChI is InChI=1S/C31H50O4.C29H50O2.C27H46O/c1-20(2)7-6-8-21(3)25-11-12-26-24-10-9-22-19-23(35-29(34)14-13-28(32)33)15-17-30(22,4)27(24)16-18-31(25,26)5;1-20(2)12-9-13-21(3)14-10-15-22(4)16-11-18-29(8)19-17-26-25(7)27(30)23(5)24(6)28(26)31-29;1-18(2)7-6-8-19(3)23-11-12-24-22-10-9-20-17-21(28)13-15-26(20,4)25(22)14-16-27(23,24)5/h9,20-21,23-27H,6-8,10-19H2,1-5H3,(H,32,33);20-22,30H,9-19H2,1-8H3;9,18-19,21-25,28H,6-8,10-17H2,1-5H3/t21-,23+,24+,25-,26+,27+,30+,31-;21-,22-,29-;19-,21+,22+,23-,24+,25+,26+,27-/m111/s1. The van der Waals surface area contributed by atoms with E-state index in [0.717, 1.165) is 163 Å². The second-order valence-electron chi connectivity index (χ2n) is 37.2. The number of aromatic hydroxyl groups is 1. The first-order valence-corrected chi connectivity index (χ1v) is 40.3. The third-order valence-corrected chi connectivity index (χ3v) is 29.2. The number of allylic oxidation sites excluding steroid dienone is 2. The van der Waals surface area contributed by atoms with E-state index in [2.05, 4.69) is 123 Å². The van der Waals surface area contributed by atoms with Gasteiger partial charge >= 0.3 is 11.9 Å². The topological polar surface area (TPSA) is 113 Å². The molecule has 0 radical (unpaired) electrons. The smallest absolute Gasteiger partial charge is 0.306 e. The molecule has 7 nitrogen and oxygen atoms in total. The molecule has 7 heteroatoms. The van der Waals surface area contributed by atoms with Gasteiger partial charge in [-0.2, -0.15) is 0 Å². The fraction of sp³-hybridized carbons (Fsp3) is 0.862. The fourth-order valence-corrected chi connectivity index (χ4v) is 23.1. The largest absolute Gasteiger partial charge is 0.507 e. The minimum absolute atomic E-state index is 0.0236. The van der Waals surface area contributed by atoms with Gasteiger partial charge in [-0.3, -0.25) is 9.59 Å². The summed E-state index contributed by atoms with van der Waals surface area (Å²) in [4.78, 5) is 22.9. The lowest BCUT2D eigenvalue weighted by Gasteiger charge is -2.58. The number of aliphatic hydroxyl groups is 1. The molecule has 19 atom stereocenters. The van der Waals surface area contributed by atoms with Gasteiger partial charge in [0.25, 0.3) is 0 Å². The van der Waals surface area contributed by atoms with E-state index >= 15 is 0 Å². The number of aliphatic carboxylic acids is 1. The van der Waals surface area contributed by atoms with E-state index < -0.39 is 5.97 Å². The van der Waals surface area contributed by atoms with Crippen molar-refractivity contribution >= 4 is 11.9 Å². The van der Waals surface area contributed by atoms with E-state index in [0.29, 0.717) is 22.0 Å². The second-order valence-corrected chi connectivity index (χ2v) is 37.2. The molecule has 0 aromatic heterocycles. The number of rotatable bonds is 26.